The number of methoxy groups -OCH3 is 2. The van der Waals surface area contributed by atoms with Crippen LogP contribution in [0.4, 0.5) is 11.4 Å². The molecule has 1 heterocycles. The second-order valence-corrected chi connectivity index (χ2v) is 7.04. The lowest BCUT2D eigenvalue weighted by molar-refractivity contribution is -0.151. The van der Waals surface area contributed by atoms with Crippen LogP contribution in [0.15, 0.2) is 42.5 Å². The minimum Gasteiger partial charge on any atom is -0.497 e. The molecule has 8 nitrogen and oxygen atoms in total. The number of halogens is 1. The largest absolute Gasteiger partial charge is 0.497 e. The van der Waals surface area contributed by atoms with E-state index in [4.69, 9.17) is 25.8 Å². The Hall–Kier alpha value is -3.26. The first kappa shape index (κ1) is 21.4. The van der Waals surface area contributed by atoms with Crippen molar-refractivity contribution in [2.24, 2.45) is 5.92 Å². The van der Waals surface area contributed by atoms with Crippen LogP contribution in [-0.2, 0) is 19.1 Å². The monoisotopic (exact) mass is 432 g/mol. The summed E-state index contributed by atoms with van der Waals surface area (Å²) in [5, 5.41) is 3.18. The number of carbonyl (C=O) groups excluding carboxylic acids is 3. The van der Waals surface area contributed by atoms with Crippen molar-refractivity contribution in [1.82, 2.24) is 0 Å². The van der Waals surface area contributed by atoms with Crippen molar-refractivity contribution in [3.05, 3.63) is 47.5 Å². The van der Waals surface area contributed by atoms with Gasteiger partial charge in [-0.15, -0.1) is 0 Å². The number of amides is 2. The zero-order valence-electron chi connectivity index (χ0n) is 16.5. The number of rotatable bonds is 7. The Morgan fingerprint density at radius 2 is 1.87 bits per heavy atom. The molecule has 158 valence electrons. The third-order valence-corrected chi connectivity index (χ3v) is 4.88. The van der Waals surface area contributed by atoms with Crippen LogP contribution in [0.1, 0.15) is 6.42 Å². The Kier molecular flexibility index (Phi) is 6.79. The van der Waals surface area contributed by atoms with Crippen molar-refractivity contribution < 1.29 is 28.6 Å². The maximum absolute atomic E-state index is 12.3. The fraction of sp³-hybridized carbons (Fsp3) is 0.286. The molecular weight excluding hydrogens is 412 g/mol. The summed E-state index contributed by atoms with van der Waals surface area (Å²) in [6, 6.07) is 11.7. The molecule has 30 heavy (non-hydrogen) atoms. The number of ether oxygens (including phenoxy) is 3. The molecule has 9 heteroatoms. The van der Waals surface area contributed by atoms with Crippen LogP contribution in [0.25, 0.3) is 0 Å². The van der Waals surface area contributed by atoms with Crippen LogP contribution in [0.2, 0.25) is 5.02 Å². The SMILES string of the molecule is COc1ccc(NC(=O)COC(=O)[C@H]2CC(=O)N(c3ccc(Cl)cc3)C2)c(OC)c1. The van der Waals surface area contributed by atoms with Gasteiger partial charge in [-0.2, -0.15) is 0 Å². The summed E-state index contributed by atoms with van der Waals surface area (Å²) in [7, 11) is 2.99. The molecule has 2 aromatic rings. The van der Waals surface area contributed by atoms with Crippen LogP contribution in [0.5, 0.6) is 11.5 Å². The molecule has 0 aliphatic carbocycles. The van der Waals surface area contributed by atoms with Gasteiger partial charge in [0.1, 0.15) is 11.5 Å². The third-order valence-electron chi connectivity index (χ3n) is 4.62. The van der Waals surface area contributed by atoms with E-state index in [1.165, 1.54) is 19.1 Å². The Morgan fingerprint density at radius 1 is 1.13 bits per heavy atom. The first-order chi connectivity index (χ1) is 14.4. The van der Waals surface area contributed by atoms with Gasteiger partial charge < -0.3 is 24.4 Å². The molecule has 0 bridgehead atoms. The highest BCUT2D eigenvalue weighted by Crippen LogP contribution is 2.29. The molecule has 1 fully saturated rings. The number of esters is 1. The second-order valence-electron chi connectivity index (χ2n) is 6.60. The van der Waals surface area contributed by atoms with Crippen molar-refractivity contribution >= 4 is 40.8 Å². The molecule has 0 aromatic heterocycles. The van der Waals surface area contributed by atoms with Crippen LogP contribution in [0.3, 0.4) is 0 Å². The zero-order chi connectivity index (χ0) is 21.7. The Bertz CT molecular complexity index is 947. The lowest BCUT2D eigenvalue weighted by atomic mass is 10.1. The summed E-state index contributed by atoms with van der Waals surface area (Å²) in [6.07, 6.45) is 0.0232. The van der Waals surface area contributed by atoms with Crippen molar-refractivity contribution in [3.8, 4) is 11.5 Å². The normalized spacial score (nSPS) is 15.6. The molecule has 2 aromatic carbocycles. The van der Waals surface area contributed by atoms with Gasteiger partial charge in [0, 0.05) is 29.7 Å². The van der Waals surface area contributed by atoms with E-state index in [-0.39, 0.29) is 18.9 Å². The summed E-state index contributed by atoms with van der Waals surface area (Å²) < 4.78 is 15.4. The quantitative estimate of drug-likeness (QED) is 0.676. The van der Waals surface area contributed by atoms with E-state index >= 15 is 0 Å². The fourth-order valence-corrected chi connectivity index (χ4v) is 3.20. The first-order valence-corrected chi connectivity index (χ1v) is 9.53. The van der Waals surface area contributed by atoms with Crippen molar-refractivity contribution in [3.63, 3.8) is 0 Å². The van der Waals surface area contributed by atoms with E-state index in [1.807, 2.05) is 0 Å². The third kappa shape index (κ3) is 5.01. The van der Waals surface area contributed by atoms with Gasteiger partial charge in [-0.3, -0.25) is 14.4 Å². The average molecular weight is 433 g/mol. The first-order valence-electron chi connectivity index (χ1n) is 9.15. The van der Waals surface area contributed by atoms with Crippen LogP contribution in [0, 0.1) is 5.92 Å². The highest BCUT2D eigenvalue weighted by atomic mass is 35.5. The van der Waals surface area contributed by atoms with Gasteiger partial charge in [0.15, 0.2) is 6.61 Å². The van der Waals surface area contributed by atoms with Crippen LogP contribution < -0.4 is 19.7 Å². The average Bonchev–Trinajstić information content (AvgIpc) is 3.14. The predicted octanol–water partition coefficient (Wildman–Crippen LogP) is 2.89. The fourth-order valence-electron chi connectivity index (χ4n) is 3.08. The van der Waals surface area contributed by atoms with Crippen LogP contribution >= 0.6 is 11.6 Å². The lowest BCUT2D eigenvalue weighted by Crippen LogP contribution is -2.28. The van der Waals surface area contributed by atoms with Crippen LogP contribution in [-0.4, -0.2) is 45.2 Å². The highest BCUT2D eigenvalue weighted by Gasteiger charge is 2.36. The number of hydrogen-bond donors (Lipinski definition) is 1. The Labute approximate surface area is 178 Å². The minimum atomic E-state index is -0.642. The van der Waals surface area contributed by atoms with Gasteiger partial charge in [-0.1, -0.05) is 11.6 Å². The van der Waals surface area contributed by atoms with Gasteiger partial charge in [0.05, 0.1) is 25.8 Å². The van der Waals surface area contributed by atoms with E-state index in [1.54, 1.807) is 42.5 Å². The molecule has 1 saturated heterocycles. The number of hydrogen-bond acceptors (Lipinski definition) is 6. The molecule has 0 saturated carbocycles. The number of benzene rings is 2. The van der Waals surface area contributed by atoms with Gasteiger partial charge in [-0.25, -0.2) is 0 Å². The summed E-state index contributed by atoms with van der Waals surface area (Å²) >= 11 is 5.87. The van der Waals surface area contributed by atoms with E-state index < -0.39 is 24.4 Å². The van der Waals surface area contributed by atoms with Gasteiger partial charge in [-0.05, 0) is 36.4 Å². The molecule has 0 spiro atoms. The minimum absolute atomic E-state index is 0.0232. The van der Waals surface area contributed by atoms with Crippen molar-refractivity contribution in [2.75, 3.05) is 37.6 Å². The molecule has 1 aliphatic heterocycles. The van der Waals surface area contributed by atoms with Crippen molar-refractivity contribution in [2.45, 2.75) is 6.42 Å². The maximum Gasteiger partial charge on any atom is 0.311 e. The van der Waals surface area contributed by atoms with E-state index in [0.29, 0.717) is 27.9 Å². The highest BCUT2D eigenvalue weighted by molar-refractivity contribution is 6.30. The topological polar surface area (TPSA) is 94.2 Å². The summed E-state index contributed by atoms with van der Waals surface area (Å²) in [5.41, 5.74) is 1.08. The summed E-state index contributed by atoms with van der Waals surface area (Å²) in [5.74, 6) is -0.966. The smallest absolute Gasteiger partial charge is 0.311 e. The number of nitrogens with zero attached hydrogens (tertiary/aromatic N) is 1. The molecule has 0 unspecified atom stereocenters. The standard InChI is InChI=1S/C21H21ClN2O6/c1-28-16-7-8-17(18(10-16)29-2)23-19(25)12-30-21(27)13-9-20(26)24(11-13)15-5-3-14(22)4-6-15/h3-8,10,13H,9,11-12H2,1-2H3,(H,23,25)/t13-/m0/s1. The molecule has 3 rings (SSSR count). The summed E-state index contributed by atoms with van der Waals surface area (Å²) in [4.78, 5) is 38.3. The molecule has 1 atom stereocenters. The predicted molar refractivity (Wildman–Crippen MR) is 111 cm³/mol. The second kappa shape index (κ2) is 9.49. The van der Waals surface area contributed by atoms with Gasteiger partial charge in [0.25, 0.3) is 5.91 Å². The lowest BCUT2D eigenvalue weighted by Gasteiger charge is -2.16. The van der Waals surface area contributed by atoms with Gasteiger partial charge >= 0.3 is 5.97 Å². The van der Waals surface area contributed by atoms with Crippen molar-refractivity contribution in [1.29, 1.82) is 0 Å². The van der Waals surface area contributed by atoms with E-state index in [0.717, 1.165) is 0 Å². The zero-order valence-corrected chi connectivity index (χ0v) is 17.3. The summed E-state index contributed by atoms with van der Waals surface area (Å²) in [6.45, 7) is -0.285. The number of anilines is 2. The van der Waals surface area contributed by atoms with E-state index in [2.05, 4.69) is 5.32 Å². The number of nitrogens with one attached hydrogen (secondary N) is 1. The molecule has 1 N–H and O–H groups in total. The molecule has 1 aliphatic rings. The Morgan fingerprint density at radius 3 is 2.53 bits per heavy atom. The molecule has 2 amide bonds. The Balaban J connectivity index is 1.54. The molecular formula is C21H21ClN2O6. The molecule has 0 radical (unpaired) electrons. The van der Waals surface area contributed by atoms with Gasteiger partial charge in [0.2, 0.25) is 5.91 Å². The number of carbonyl (C=O) groups is 3. The van der Waals surface area contributed by atoms with E-state index in [9.17, 15) is 14.4 Å². The maximum atomic E-state index is 12.3.